The van der Waals surface area contributed by atoms with E-state index >= 15 is 0 Å². The SMILES string of the molecule is CCCC(C(N)=NO)N1CCN(Cc2ccc(Cl)s2)CC1. The van der Waals surface area contributed by atoms with Crippen LogP contribution in [0.15, 0.2) is 17.3 Å². The van der Waals surface area contributed by atoms with Crippen LogP contribution < -0.4 is 5.73 Å². The van der Waals surface area contributed by atoms with Gasteiger partial charge in [0.05, 0.1) is 10.4 Å². The molecule has 0 aromatic carbocycles. The van der Waals surface area contributed by atoms with Crippen LogP contribution in [-0.4, -0.2) is 53.1 Å². The Morgan fingerprint density at radius 2 is 2.14 bits per heavy atom. The van der Waals surface area contributed by atoms with E-state index in [9.17, 15) is 0 Å². The third-order valence-electron chi connectivity index (χ3n) is 3.87. The number of nitrogens with two attached hydrogens (primary N) is 1. The van der Waals surface area contributed by atoms with Crippen molar-refractivity contribution in [3.05, 3.63) is 21.3 Å². The standard InChI is InChI=1S/C14H23ClN4OS/c1-2-3-12(14(16)17-20)19-8-6-18(7-9-19)10-11-4-5-13(15)21-11/h4-5,12,20H,2-3,6-10H2,1H3,(H2,16,17). The summed E-state index contributed by atoms with van der Waals surface area (Å²) in [5, 5.41) is 12.1. The van der Waals surface area contributed by atoms with Crippen molar-refractivity contribution >= 4 is 28.8 Å². The zero-order chi connectivity index (χ0) is 15.2. The largest absolute Gasteiger partial charge is 0.409 e. The molecule has 1 aliphatic heterocycles. The highest BCUT2D eigenvalue weighted by Gasteiger charge is 2.26. The van der Waals surface area contributed by atoms with Crippen LogP contribution in [0.3, 0.4) is 0 Å². The van der Waals surface area contributed by atoms with Crippen molar-refractivity contribution < 1.29 is 5.21 Å². The average Bonchev–Trinajstić information content (AvgIpc) is 2.90. The van der Waals surface area contributed by atoms with Crippen LogP contribution in [0.4, 0.5) is 0 Å². The maximum absolute atomic E-state index is 8.93. The van der Waals surface area contributed by atoms with E-state index < -0.39 is 0 Å². The van der Waals surface area contributed by atoms with E-state index in [1.54, 1.807) is 11.3 Å². The summed E-state index contributed by atoms with van der Waals surface area (Å²) in [4.78, 5) is 6.04. The Kier molecular flexibility index (Phi) is 6.29. The van der Waals surface area contributed by atoms with Gasteiger partial charge in [0.1, 0.15) is 0 Å². The zero-order valence-electron chi connectivity index (χ0n) is 12.3. The van der Waals surface area contributed by atoms with Gasteiger partial charge in [-0.1, -0.05) is 30.1 Å². The fraction of sp³-hybridized carbons (Fsp3) is 0.643. The van der Waals surface area contributed by atoms with Crippen molar-refractivity contribution in [3.8, 4) is 0 Å². The second-order valence-corrected chi connectivity index (χ2v) is 7.15. The molecule has 3 N–H and O–H groups in total. The van der Waals surface area contributed by atoms with Gasteiger partial charge in [-0.25, -0.2) is 0 Å². The number of hydrogen-bond acceptors (Lipinski definition) is 5. The lowest BCUT2D eigenvalue weighted by Crippen LogP contribution is -2.53. The van der Waals surface area contributed by atoms with Crippen LogP contribution in [-0.2, 0) is 6.54 Å². The van der Waals surface area contributed by atoms with Crippen molar-refractivity contribution in [1.82, 2.24) is 9.80 Å². The first-order valence-corrected chi connectivity index (χ1v) is 8.51. The number of hydrogen-bond donors (Lipinski definition) is 2. The van der Waals surface area contributed by atoms with E-state index in [4.69, 9.17) is 22.5 Å². The van der Waals surface area contributed by atoms with Gasteiger partial charge in [-0.3, -0.25) is 9.80 Å². The highest BCUT2D eigenvalue weighted by molar-refractivity contribution is 7.16. The van der Waals surface area contributed by atoms with Gasteiger partial charge >= 0.3 is 0 Å². The molecule has 1 unspecified atom stereocenters. The first kappa shape index (κ1) is 16.5. The molecule has 1 fully saturated rings. The van der Waals surface area contributed by atoms with Crippen molar-refractivity contribution in [2.45, 2.75) is 32.4 Å². The summed E-state index contributed by atoms with van der Waals surface area (Å²) in [6, 6.07) is 4.10. The number of rotatable bonds is 6. The summed E-state index contributed by atoms with van der Waals surface area (Å²) in [5.74, 6) is 0.329. The number of amidine groups is 1. The summed E-state index contributed by atoms with van der Waals surface area (Å²) < 4.78 is 0.846. The van der Waals surface area contributed by atoms with Gasteiger partial charge in [-0.05, 0) is 18.6 Å². The molecule has 2 rings (SSSR count). The molecule has 1 aromatic rings. The number of oxime groups is 1. The summed E-state index contributed by atoms with van der Waals surface area (Å²) in [6.07, 6.45) is 1.95. The van der Waals surface area contributed by atoms with Gasteiger partial charge in [0, 0.05) is 37.6 Å². The normalized spacial score (nSPS) is 19.8. The van der Waals surface area contributed by atoms with Crippen molar-refractivity contribution in [1.29, 1.82) is 0 Å². The lowest BCUT2D eigenvalue weighted by molar-refractivity contribution is 0.108. The monoisotopic (exact) mass is 330 g/mol. The summed E-state index contributed by atoms with van der Waals surface area (Å²) in [7, 11) is 0. The highest BCUT2D eigenvalue weighted by atomic mass is 35.5. The Morgan fingerprint density at radius 1 is 1.43 bits per heavy atom. The maximum atomic E-state index is 8.93. The molecule has 0 spiro atoms. The predicted octanol–water partition coefficient (Wildman–Crippen LogP) is 2.43. The number of nitrogens with zero attached hydrogens (tertiary/aromatic N) is 3. The Morgan fingerprint density at radius 3 is 2.67 bits per heavy atom. The Bertz CT molecular complexity index is 471. The zero-order valence-corrected chi connectivity index (χ0v) is 13.9. The van der Waals surface area contributed by atoms with E-state index in [1.165, 1.54) is 4.88 Å². The van der Waals surface area contributed by atoms with Crippen molar-refractivity contribution in [2.24, 2.45) is 10.9 Å². The minimum atomic E-state index is 0.0540. The van der Waals surface area contributed by atoms with E-state index in [-0.39, 0.29) is 6.04 Å². The maximum Gasteiger partial charge on any atom is 0.156 e. The molecule has 118 valence electrons. The molecule has 1 atom stereocenters. The van der Waals surface area contributed by atoms with Crippen LogP contribution in [0, 0.1) is 0 Å². The molecule has 0 amide bonds. The number of halogens is 1. The predicted molar refractivity (Wildman–Crippen MR) is 88.3 cm³/mol. The molecule has 2 heterocycles. The molecule has 0 saturated carbocycles. The van der Waals surface area contributed by atoms with Gasteiger partial charge in [0.2, 0.25) is 0 Å². The molecule has 1 aromatic heterocycles. The first-order valence-electron chi connectivity index (χ1n) is 7.32. The summed E-state index contributed by atoms with van der Waals surface area (Å²) in [6.45, 7) is 6.95. The number of piperazine rings is 1. The van der Waals surface area contributed by atoms with Crippen LogP contribution in [0.25, 0.3) is 0 Å². The first-order chi connectivity index (χ1) is 10.1. The summed E-state index contributed by atoms with van der Waals surface area (Å²) in [5.41, 5.74) is 5.83. The average molecular weight is 331 g/mol. The lowest BCUT2D eigenvalue weighted by atomic mass is 10.1. The molecule has 0 radical (unpaired) electrons. The highest BCUT2D eigenvalue weighted by Crippen LogP contribution is 2.23. The molecular weight excluding hydrogens is 308 g/mol. The van der Waals surface area contributed by atoms with Crippen molar-refractivity contribution in [2.75, 3.05) is 26.2 Å². The molecule has 7 heteroatoms. The smallest absolute Gasteiger partial charge is 0.156 e. The number of thiophene rings is 1. The molecule has 1 saturated heterocycles. The third-order valence-corrected chi connectivity index (χ3v) is 5.09. The summed E-state index contributed by atoms with van der Waals surface area (Å²) >= 11 is 7.61. The van der Waals surface area contributed by atoms with E-state index in [0.29, 0.717) is 5.84 Å². The topological polar surface area (TPSA) is 65.1 Å². The Labute approximate surface area is 135 Å². The van der Waals surface area contributed by atoms with Gasteiger partial charge < -0.3 is 10.9 Å². The third kappa shape index (κ3) is 4.57. The van der Waals surface area contributed by atoms with Crippen molar-refractivity contribution in [3.63, 3.8) is 0 Å². The minimum Gasteiger partial charge on any atom is -0.409 e. The molecule has 1 aliphatic rings. The van der Waals surface area contributed by atoms with E-state index in [1.807, 2.05) is 6.07 Å². The minimum absolute atomic E-state index is 0.0540. The fourth-order valence-corrected chi connectivity index (χ4v) is 3.88. The van der Waals surface area contributed by atoms with Gasteiger partial charge in [0.25, 0.3) is 0 Å². The van der Waals surface area contributed by atoms with Crippen LogP contribution in [0.5, 0.6) is 0 Å². The molecule has 0 aliphatic carbocycles. The van der Waals surface area contributed by atoms with Crippen LogP contribution in [0.2, 0.25) is 4.34 Å². The molecule has 0 bridgehead atoms. The van der Waals surface area contributed by atoms with Gasteiger partial charge in [0.15, 0.2) is 5.84 Å². The lowest BCUT2D eigenvalue weighted by Gasteiger charge is -2.38. The van der Waals surface area contributed by atoms with Crippen LogP contribution in [0.1, 0.15) is 24.6 Å². The quantitative estimate of drug-likeness (QED) is 0.364. The molecule has 5 nitrogen and oxygen atoms in total. The second kappa shape index (κ2) is 7.98. The second-order valence-electron chi connectivity index (χ2n) is 5.35. The van der Waals surface area contributed by atoms with Gasteiger partial charge in [-0.15, -0.1) is 11.3 Å². The Hall–Kier alpha value is -0.820. The molecular formula is C14H23ClN4OS. The fourth-order valence-electron chi connectivity index (χ4n) is 2.75. The Balaban J connectivity index is 1.86. The van der Waals surface area contributed by atoms with E-state index in [2.05, 4.69) is 27.9 Å². The molecule has 21 heavy (non-hydrogen) atoms. The van der Waals surface area contributed by atoms with Crippen LogP contribution >= 0.6 is 22.9 Å². The van der Waals surface area contributed by atoms with Gasteiger partial charge in [-0.2, -0.15) is 0 Å². The van der Waals surface area contributed by atoms with E-state index in [0.717, 1.165) is 49.9 Å².